The summed E-state index contributed by atoms with van der Waals surface area (Å²) in [5, 5.41) is 7.09. The lowest BCUT2D eigenvalue weighted by Crippen LogP contribution is -2.20. The molecule has 4 rings (SSSR count). The van der Waals surface area contributed by atoms with Gasteiger partial charge in [-0.15, -0.1) is 11.8 Å². The Labute approximate surface area is 209 Å². The van der Waals surface area contributed by atoms with Gasteiger partial charge in [-0.3, -0.25) is 9.36 Å². The first kappa shape index (κ1) is 24.7. The summed E-state index contributed by atoms with van der Waals surface area (Å²) in [7, 11) is 0. The van der Waals surface area contributed by atoms with E-state index in [1.54, 1.807) is 11.8 Å². The summed E-state index contributed by atoms with van der Waals surface area (Å²) in [6.45, 7) is 1.73. The molecule has 0 radical (unpaired) electrons. The molecule has 0 aliphatic rings. The van der Waals surface area contributed by atoms with Gasteiger partial charge in [0, 0.05) is 16.3 Å². The number of alkyl halides is 3. The van der Waals surface area contributed by atoms with E-state index in [1.807, 2.05) is 66.1 Å². The Hall–Kier alpha value is -3.37. The molecule has 10 heteroatoms. The molecular formula is C25H21F3N4OS2. The summed E-state index contributed by atoms with van der Waals surface area (Å²) in [5.41, 5.74) is 1.08. The number of halogens is 3. The van der Waals surface area contributed by atoms with Crippen molar-refractivity contribution in [1.82, 2.24) is 14.3 Å². The van der Waals surface area contributed by atoms with Crippen molar-refractivity contribution in [3.05, 3.63) is 101 Å². The summed E-state index contributed by atoms with van der Waals surface area (Å²) >= 11 is 7.23. The van der Waals surface area contributed by atoms with Crippen molar-refractivity contribution in [2.24, 2.45) is 0 Å². The highest BCUT2D eigenvalue weighted by Gasteiger charge is 2.30. The Morgan fingerprint density at radius 1 is 1.03 bits per heavy atom. The molecule has 1 N–H and O–H groups in total. The van der Waals surface area contributed by atoms with Crippen LogP contribution in [0.1, 0.15) is 17.0 Å². The summed E-state index contributed by atoms with van der Waals surface area (Å²) in [4.78, 5) is 13.7. The zero-order valence-electron chi connectivity index (χ0n) is 18.6. The molecule has 3 aromatic carbocycles. The number of thioether (sulfide) groups is 1. The fourth-order valence-corrected chi connectivity index (χ4v) is 4.60. The number of hydrogen-bond donors (Lipinski definition) is 1. The predicted octanol–water partition coefficient (Wildman–Crippen LogP) is 6.66. The maximum Gasteiger partial charge on any atom is 0.416 e. The number of hydrogen-bond acceptors (Lipinski definition) is 4. The molecule has 0 saturated carbocycles. The van der Waals surface area contributed by atoms with E-state index in [2.05, 4.69) is 10.4 Å². The van der Waals surface area contributed by atoms with Crippen LogP contribution in [0.25, 0.3) is 5.69 Å². The Morgan fingerprint density at radius 2 is 1.77 bits per heavy atom. The van der Waals surface area contributed by atoms with Gasteiger partial charge in [-0.1, -0.05) is 36.4 Å². The fraction of sp³-hybridized carbons (Fsp3) is 0.160. The van der Waals surface area contributed by atoms with Gasteiger partial charge in [0.1, 0.15) is 12.4 Å². The van der Waals surface area contributed by atoms with Crippen molar-refractivity contribution >= 4 is 35.6 Å². The van der Waals surface area contributed by atoms with Crippen LogP contribution < -0.4 is 5.32 Å². The van der Waals surface area contributed by atoms with E-state index in [9.17, 15) is 18.0 Å². The third kappa shape index (κ3) is 6.20. The van der Waals surface area contributed by atoms with Gasteiger partial charge >= 0.3 is 6.18 Å². The second-order valence-corrected chi connectivity index (χ2v) is 9.17. The minimum absolute atomic E-state index is 0.0503. The molecule has 4 aromatic rings. The Bertz CT molecular complexity index is 1400. The summed E-state index contributed by atoms with van der Waals surface area (Å²) in [6, 6.07) is 22.1. The normalized spacial score (nSPS) is 11.4. The minimum atomic E-state index is -4.50. The first-order valence-electron chi connectivity index (χ1n) is 10.6. The Kier molecular flexibility index (Phi) is 7.42. The molecule has 0 bridgehead atoms. The van der Waals surface area contributed by atoms with Crippen LogP contribution in [-0.2, 0) is 23.3 Å². The third-order valence-corrected chi connectivity index (χ3v) is 6.45. The van der Waals surface area contributed by atoms with Crippen LogP contribution in [0.4, 0.5) is 18.9 Å². The van der Waals surface area contributed by atoms with Gasteiger partial charge in [0.15, 0.2) is 0 Å². The number of benzene rings is 3. The molecule has 1 aromatic heterocycles. The molecule has 1 heterocycles. The van der Waals surface area contributed by atoms with E-state index >= 15 is 0 Å². The van der Waals surface area contributed by atoms with E-state index in [0.29, 0.717) is 16.3 Å². The fourth-order valence-electron chi connectivity index (χ4n) is 3.45. The third-order valence-electron chi connectivity index (χ3n) is 5.04. The number of amides is 1. The molecule has 180 valence electrons. The van der Waals surface area contributed by atoms with Crippen LogP contribution in [0, 0.1) is 11.7 Å². The number of aromatic nitrogens is 3. The van der Waals surface area contributed by atoms with Gasteiger partial charge < -0.3 is 5.32 Å². The standard InChI is InChI=1S/C25H21F3N4OS2/c1-17-7-5-10-20(13-17)32-22(16-35-21-11-3-2-4-12-21)30-31(24(32)34)15-23(33)29-19-9-6-8-18(14-19)25(26,27)28/h2-14H,15-16H2,1H3,(H,29,33). The maximum atomic E-state index is 13.0. The number of aryl methyl sites for hydroxylation is 1. The van der Waals surface area contributed by atoms with Gasteiger partial charge in [-0.25, -0.2) is 4.68 Å². The lowest BCUT2D eigenvalue weighted by Gasteiger charge is -2.10. The van der Waals surface area contributed by atoms with Crippen molar-refractivity contribution in [3.63, 3.8) is 0 Å². The quantitative estimate of drug-likeness (QED) is 0.221. The molecule has 0 atom stereocenters. The molecule has 0 fully saturated rings. The van der Waals surface area contributed by atoms with Crippen LogP contribution in [-0.4, -0.2) is 20.3 Å². The second kappa shape index (κ2) is 10.5. The lowest BCUT2D eigenvalue weighted by atomic mass is 10.2. The van der Waals surface area contributed by atoms with Gasteiger partial charge in [0.05, 0.1) is 11.3 Å². The average Bonchev–Trinajstić information content (AvgIpc) is 3.12. The Balaban J connectivity index is 1.60. The average molecular weight is 515 g/mol. The van der Waals surface area contributed by atoms with Crippen LogP contribution in [0.3, 0.4) is 0 Å². The van der Waals surface area contributed by atoms with E-state index in [1.165, 1.54) is 16.8 Å². The van der Waals surface area contributed by atoms with E-state index < -0.39 is 17.6 Å². The first-order chi connectivity index (χ1) is 16.7. The van der Waals surface area contributed by atoms with Crippen LogP contribution in [0.2, 0.25) is 0 Å². The number of carbonyl (C=O) groups excluding carboxylic acids is 1. The maximum absolute atomic E-state index is 13.0. The van der Waals surface area contributed by atoms with Crippen molar-refractivity contribution in [3.8, 4) is 5.69 Å². The number of nitrogens with zero attached hydrogens (tertiary/aromatic N) is 3. The SMILES string of the molecule is Cc1cccc(-n2c(CSc3ccccc3)nn(CC(=O)Nc3cccc(C(F)(F)F)c3)c2=S)c1. The summed E-state index contributed by atoms with van der Waals surface area (Å²) < 4.78 is 42.5. The van der Waals surface area contributed by atoms with Crippen molar-refractivity contribution in [2.75, 3.05) is 5.32 Å². The highest BCUT2D eigenvalue weighted by atomic mass is 32.2. The number of nitrogens with one attached hydrogen (secondary N) is 1. The topological polar surface area (TPSA) is 51.9 Å². The molecule has 0 aliphatic carbocycles. The van der Waals surface area contributed by atoms with Crippen molar-refractivity contribution < 1.29 is 18.0 Å². The van der Waals surface area contributed by atoms with E-state index in [-0.39, 0.29) is 12.2 Å². The predicted molar refractivity (Wildman–Crippen MR) is 133 cm³/mol. The number of anilines is 1. The largest absolute Gasteiger partial charge is 0.416 e. The summed E-state index contributed by atoms with van der Waals surface area (Å²) in [5.74, 6) is 0.627. The van der Waals surface area contributed by atoms with E-state index in [0.717, 1.165) is 28.3 Å². The zero-order chi connectivity index (χ0) is 25.0. The number of rotatable bonds is 7. The highest BCUT2D eigenvalue weighted by Crippen LogP contribution is 2.30. The van der Waals surface area contributed by atoms with Gasteiger partial charge in [-0.05, 0) is 67.2 Å². The van der Waals surface area contributed by atoms with Gasteiger partial charge in [0.2, 0.25) is 10.7 Å². The zero-order valence-corrected chi connectivity index (χ0v) is 20.3. The first-order valence-corrected chi connectivity index (χ1v) is 12.0. The smallest absolute Gasteiger partial charge is 0.324 e. The van der Waals surface area contributed by atoms with E-state index in [4.69, 9.17) is 12.2 Å². The second-order valence-electron chi connectivity index (χ2n) is 7.76. The van der Waals surface area contributed by atoms with Gasteiger partial charge in [-0.2, -0.15) is 18.3 Å². The highest BCUT2D eigenvalue weighted by molar-refractivity contribution is 7.98. The molecule has 0 spiro atoms. The summed E-state index contributed by atoms with van der Waals surface area (Å²) in [6.07, 6.45) is -4.50. The molecular weight excluding hydrogens is 493 g/mol. The molecule has 0 saturated heterocycles. The van der Waals surface area contributed by atoms with Crippen LogP contribution >= 0.6 is 24.0 Å². The van der Waals surface area contributed by atoms with Crippen molar-refractivity contribution in [1.29, 1.82) is 0 Å². The molecule has 5 nitrogen and oxygen atoms in total. The van der Waals surface area contributed by atoms with Crippen LogP contribution in [0.15, 0.2) is 83.8 Å². The molecule has 0 unspecified atom stereocenters. The molecule has 35 heavy (non-hydrogen) atoms. The monoisotopic (exact) mass is 514 g/mol. The lowest BCUT2D eigenvalue weighted by molar-refractivity contribution is -0.137. The molecule has 0 aliphatic heterocycles. The van der Waals surface area contributed by atoms with Crippen molar-refractivity contribution in [2.45, 2.75) is 30.3 Å². The van der Waals surface area contributed by atoms with Crippen LogP contribution in [0.5, 0.6) is 0 Å². The number of carbonyl (C=O) groups is 1. The molecule has 1 amide bonds. The minimum Gasteiger partial charge on any atom is -0.324 e. The Morgan fingerprint density at radius 3 is 2.49 bits per heavy atom. The van der Waals surface area contributed by atoms with Gasteiger partial charge in [0.25, 0.3) is 0 Å².